The van der Waals surface area contributed by atoms with Crippen molar-refractivity contribution in [2.24, 2.45) is 17.8 Å². The molecule has 0 heterocycles. The summed E-state index contributed by atoms with van der Waals surface area (Å²) in [6, 6.07) is 0. The summed E-state index contributed by atoms with van der Waals surface area (Å²) in [5.74, 6) is 2.62. The first-order valence-corrected chi connectivity index (χ1v) is 4.09. The maximum Gasteiger partial charge on any atom is -0.0394 e. The molecule has 0 radical (unpaired) electrons. The second kappa shape index (κ2) is 5.76. The van der Waals surface area contributed by atoms with Gasteiger partial charge in [-0.3, -0.25) is 0 Å². The summed E-state index contributed by atoms with van der Waals surface area (Å²) in [5, 5.41) is 0. The number of hydrogen-bond donors (Lipinski definition) is 0. The maximum atomic E-state index is 2.35. The van der Waals surface area contributed by atoms with Crippen LogP contribution in [0.1, 0.15) is 48.5 Å². The standard InChI is InChI=1S/C9H20.CH4/c1-6-8(4)9(5)7(2)3;/h7-9H,6H2,1-5H3;1H4/t8-,9-;/m0./s1. The molecule has 0 nitrogen and oxygen atoms in total. The van der Waals surface area contributed by atoms with E-state index in [4.69, 9.17) is 0 Å². The Morgan fingerprint density at radius 3 is 1.50 bits per heavy atom. The fraction of sp³-hybridized carbons (Fsp3) is 1.00. The Morgan fingerprint density at radius 2 is 1.40 bits per heavy atom. The molecule has 0 aliphatic carbocycles. The van der Waals surface area contributed by atoms with Crippen LogP contribution in [0.5, 0.6) is 0 Å². The van der Waals surface area contributed by atoms with Gasteiger partial charge in [0.05, 0.1) is 0 Å². The van der Waals surface area contributed by atoms with E-state index in [0.29, 0.717) is 0 Å². The molecule has 0 bridgehead atoms. The monoisotopic (exact) mass is 144 g/mol. The highest BCUT2D eigenvalue weighted by atomic mass is 14.2. The smallest absolute Gasteiger partial charge is 0.0394 e. The van der Waals surface area contributed by atoms with Gasteiger partial charge in [-0.15, -0.1) is 0 Å². The lowest BCUT2D eigenvalue weighted by Gasteiger charge is -2.21. The average molecular weight is 144 g/mol. The molecule has 0 fully saturated rings. The molecule has 0 saturated carbocycles. The predicted molar refractivity (Wildman–Crippen MR) is 50.2 cm³/mol. The zero-order valence-electron chi connectivity index (χ0n) is 7.44. The van der Waals surface area contributed by atoms with Crippen LogP contribution in [0.2, 0.25) is 0 Å². The van der Waals surface area contributed by atoms with Crippen LogP contribution >= 0.6 is 0 Å². The van der Waals surface area contributed by atoms with Gasteiger partial charge in [0.25, 0.3) is 0 Å². The summed E-state index contributed by atoms with van der Waals surface area (Å²) >= 11 is 0. The zero-order chi connectivity index (χ0) is 7.44. The minimum atomic E-state index is 0. The molecular weight excluding hydrogens is 120 g/mol. The molecule has 0 rings (SSSR count). The minimum Gasteiger partial charge on any atom is -0.0776 e. The van der Waals surface area contributed by atoms with Gasteiger partial charge in [0.2, 0.25) is 0 Å². The van der Waals surface area contributed by atoms with Crippen LogP contribution in [0.25, 0.3) is 0 Å². The van der Waals surface area contributed by atoms with Crippen molar-refractivity contribution in [2.45, 2.75) is 48.5 Å². The van der Waals surface area contributed by atoms with Gasteiger partial charge in [0.15, 0.2) is 0 Å². The summed E-state index contributed by atoms with van der Waals surface area (Å²) in [4.78, 5) is 0. The molecule has 0 spiro atoms. The number of rotatable bonds is 3. The highest BCUT2D eigenvalue weighted by Gasteiger charge is 2.12. The lowest BCUT2D eigenvalue weighted by Crippen LogP contribution is -2.12. The Labute approximate surface area is 67.0 Å². The second-order valence-corrected chi connectivity index (χ2v) is 3.49. The van der Waals surface area contributed by atoms with Gasteiger partial charge in [0, 0.05) is 0 Å². The van der Waals surface area contributed by atoms with Crippen molar-refractivity contribution in [3.63, 3.8) is 0 Å². The average Bonchev–Trinajstić information content (AvgIpc) is 1.84. The van der Waals surface area contributed by atoms with E-state index in [0.717, 1.165) is 17.8 Å². The zero-order valence-corrected chi connectivity index (χ0v) is 7.44. The summed E-state index contributed by atoms with van der Waals surface area (Å²) < 4.78 is 0. The molecule has 0 aromatic rings. The van der Waals surface area contributed by atoms with Crippen LogP contribution in [0.4, 0.5) is 0 Å². The van der Waals surface area contributed by atoms with E-state index in [-0.39, 0.29) is 7.43 Å². The predicted octanol–water partition coefficient (Wildman–Crippen LogP) is 3.96. The first-order chi connectivity index (χ1) is 4.09. The quantitative estimate of drug-likeness (QED) is 0.562. The molecule has 10 heavy (non-hydrogen) atoms. The van der Waals surface area contributed by atoms with E-state index in [9.17, 15) is 0 Å². The molecule has 2 atom stereocenters. The fourth-order valence-corrected chi connectivity index (χ4v) is 1.03. The topological polar surface area (TPSA) is 0 Å². The van der Waals surface area contributed by atoms with Crippen LogP contribution in [0.3, 0.4) is 0 Å². The van der Waals surface area contributed by atoms with Crippen molar-refractivity contribution in [1.29, 1.82) is 0 Å². The van der Waals surface area contributed by atoms with Crippen molar-refractivity contribution >= 4 is 0 Å². The maximum absolute atomic E-state index is 2.35. The van der Waals surface area contributed by atoms with Crippen molar-refractivity contribution in [3.05, 3.63) is 0 Å². The van der Waals surface area contributed by atoms with Crippen LogP contribution in [-0.4, -0.2) is 0 Å². The van der Waals surface area contributed by atoms with E-state index in [1.165, 1.54) is 6.42 Å². The van der Waals surface area contributed by atoms with Gasteiger partial charge >= 0.3 is 0 Å². The Morgan fingerprint density at radius 1 is 1.00 bits per heavy atom. The molecule has 64 valence electrons. The molecule has 0 aliphatic rings. The van der Waals surface area contributed by atoms with Crippen LogP contribution in [-0.2, 0) is 0 Å². The SMILES string of the molecule is C.CC[C@H](C)[C@@H](C)C(C)C. The lowest BCUT2D eigenvalue weighted by atomic mass is 9.85. The minimum absolute atomic E-state index is 0. The summed E-state index contributed by atoms with van der Waals surface area (Å²) in [6.07, 6.45) is 1.32. The molecule has 0 aromatic carbocycles. The van der Waals surface area contributed by atoms with Crippen LogP contribution in [0, 0.1) is 17.8 Å². The van der Waals surface area contributed by atoms with Gasteiger partial charge in [-0.25, -0.2) is 0 Å². The Bertz CT molecular complexity index is 64.4. The van der Waals surface area contributed by atoms with E-state index in [1.807, 2.05) is 0 Å². The van der Waals surface area contributed by atoms with Crippen LogP contribution in [0.15, 0.2) is 0 Å². The molecule has 0 aromatic heterocycles. The largest absolute Gasteiger partial charge is 0.0776 e. The molecule has 0 unspecified atom stereocenters. The van der Waals surface area contributed by atoms with E-state index in [2.05, 4.69) is 34.6 Å². The van der Waals surface area contributed by atoms with E-state index in [1.54, 1.807) is 0 Å². The van der Waals surface area contributed by atoms with Gasteiger partial charge in [-0.1, -0.05) is 48.5 Å². The Kier molecular flexibility index (Phi) is 7.29. The first kappa shape index (κ1) is 12.7. The second-order valence-electron chi connectivity index (χ2n) is 3.49. The third kappa shape index (κ3) is 3.92. The van der Waals surface area contributed by atoms with Crippen molar-refractivity contribution < 1.29 is 0 Å². The van der Waals surface area contributed by atoms with Gasteiger partial charge in [-0.2, -0.15) is 0 Å². The highest BCUT2D eigenvalue weighted by molar-refractivity contribution is 4.62. The Balaban J connectivity index is 0. The highest BCUT2D eigenvalue weighted by Crippen LogP contribution is 2.21. The van der Waals surface area contributed by atoms with Crippen molar-refractivity contribution in [1.82, 2.24) is 0 Å². The Hall–Kier alpha value is 0. The summed E-state index contributed by atoms with van der Waals surface area (Å²) in [6.45, 7) is 11.6. The van der Waals surface area contributed by atoms with Gasteiger partial charge < -0.3 is 0 Å². The summed E-state index contributed by atoms with van der Waals surface area (Å²) in [7, 11) is 0. The lowest BCUT2D eigenvalue weighted by molar-refractivity contribution is 0.289. The fourth-order valence-electron chi connectivity index (χ4n) is 1.03. The first-order valence-electron chi connectivity index (χ1n) is 4.09. The number of hydrogen-bond acceptors (Lipinski definition) is 0. The molecule has 0 saturated heterocycles. The molecule has 0 N–H and O–H groups in total. The third-order valence-corrected chi connectivity index (χ3v) is 2.59. The van der Waals surface area contributed by atoms with Gasteiger partial charge in [-0.05, 0) is 17.8 Å². The molecule has 0 heteroatoms. The van der Waals surface area contributed by atoms with Crippen molar-refractivity contribution in [2.75, 3.05) is 0 Å². The van der Waals surface area contributed by atoms with E-state index >= 15 is 0 Å². The normalized spacial score (nSPS) is 16.2. The van der Waals surface area contributed by atoms with Crippen molar-refractivity contribution in [3.8, 4) is 0 Å². The molecule has 0 amide bonds. The van der Waals surface area contributed by atoms with Gasteiger partial charge in [0.1, 0.15) is 0 Å². The molecular formula is C10H24. The van der Waals surface area contributed by atoms with E-state index < -0.39 is 0 Å². The summed E-state index contributed by atoms with van der Waals surface area (Å²) in [5.41, 5.74) is 0. The molecule has 0 aliphatic heterocycles. The van der Waals surface area contributed by atoms with Crippen LogP contribution < -0.4 is 0 Å². The third-order valence-electron chi connectivity index (χ3n) is 2.59.